The highest BCUT2D eigenvalue weighted by atomic mass is 16.5. The molecule has 0 aliphatic carbocycles. The number of hydrogen-bond donors (Lipinski definition) is 1. The number of anilines is 2. The van der Waals surface area contributed by atoms with Gasteiger partial charge in [-0.2, -0.15) is 19.6 Å². The van der Waals surface area contributed by atoms with Crippen molar-refractivity contribution in [3.05, 3.63) is 72.6 Å². The van der Waals surface area contributed by atoms with Gasteiger partial charge >= 0.3 is 0 Å². The van der Waals surface area contributed by atoms with Gasteiger partial charge in [0.1, 0.15) is 11.6 Å². The van der Waals surface area contributed by atoms with Crippen LogP contribution < -0.4 is 15.1 Å². The molecule has 1 saturated heterocycles. The molecular weight excluding hydrogens is 456 g/mol. The zero-order valence-electron chi connectivity index (χ0n) is 19.7. The van der Waals surface area contributed by atoms with Crippen LogP contribution >= 0.6 is 0 Å². The molecule has 1 fully saturated rings. The van der Waals surface area contributed by atoms with Crippen molar-refractivity contribution in [2.75, 3.05) is 43.7 Å². The molecule has 6 rings (SSSR count). The Morgan fingerprint density at radius 3 is 2.61 bits per heavy atom. The molecule has 2 aromatic carbocycles. The topological polar surface area (TPSA) is 102 Å². The number of pyridine rings is 1. The minimum Gasteiger partial charge on any atom is -0.497 e. The number of ether oxygens (including phenoxy) is 2. The van der Waals surface area contributed by atoms with Gasteiger partial charge in [-0.1, -0.05) is 18.2 Å². The van der Waals surface area contributed by atoms with Gasteiger partial charge in [-0.15, -0.1) is 5.10 Å². The van der Waals surface area contributed by atoms with Crippen LogP contribution in [0.5, 0.6) is 5.75 Å². The first-order valence-electron chi connectivity index (χ1n) is 11.6. The predicted molar refractivity (Wildman–Crippen MR) is 139 cm³/mol. The molecule has 3 aromatic heterocycles. The summed E-state index contributed by atoms with van der Waals surface area (Å²) < 4.78 is 12.6. The van der Waals surface area contributed by atoms with Crippen molar-refractivity contribution in [1.82, 2.24) is 24.6 Å². The highest BCUT2D eigenvalue weighted by molar-refractivity contribution is 5.91. The molecule has 0 amide bonds. The summed E-state index contributed by atoms with van der Waals surface area (Å²) >= 11 is 0. The lowest BCUT2D eigenvalue weighted by Crippen LogP contribution is -2.37. The molecule has 0 saturated carbocycles. The van der Waals surface area contributed by atoms with Crippen molar-refractivity contribution in [3.8, 4) is 17.1 Å². The Balaban J connectivity index is 1.31. The van der Waals surface area contributed by atoms with Crippen LogP contribution in [0.4, 0.5) is 11.6 Å². The van der Waals surface area contributed by atoms with Crippen LogP contribution in [0.25, 0.3) is 27.9 Å². The normalized spacial score (nSPS) is 14.1. The van der Waals surface area contributed by atoms with Crippen LogP contribution in [0.2, 0.25) is 0 Å². The van der Waals surface area contributed by atoms with Gasteiger partial charge < -0.3 is 14.4 Å². The summed E-state index contributed by atoms with van der Waals surface area (Å²) in [5.41, 5.74) is 4.92. The molecule has 5 aromatic rings. The Hall–Kier alpha value is -4.57. The van der Waals surface area contributed by atoms with Gasteiger partial charge in [0.2, 0.25) is 0 Å². The van der Waals surface area contributed by atoms with E-state index in [1.54, 1.807) is 30.2 Å². The average Bonchev–Trinajstić information content (AvgIpc) is 3.37. The first kappa shape index (κ1) is 21.9. The zero-order chi connectivity index (χ0) is 24.3. The maximum Gasteiger partial charge on any atom is 0.256 e. The Labute approximate surface area is 207 Å². The number of hydrogen-bond acceptors (Lipinski definition) is 9. The zero-order valence-corrected chi connectivity index (χ0v) is 19.7. The van der Waals surface area contributed by atoms with Crippen molar-refractivity contribution in [2.45, 2.75) is 0 Å². The standard InChI is InChI=1S/C26H24N8O2/c1-35-22-5-4-20-14-18(2-3-21(20)15-22)17-28-31-23-16-24(33-10-12-36-13-11-33)34-26(29-23)30-25(32-34)19-6-8-27-9-7-19/h2-9,14-17H,10-13H2,1H3,(H,29,30,31,32). The molecule has 4 heterocycles. The van der Waals surface area contributed by atoms with Crippen LogP contribution in [0.15, 0.2) is 72.1 Å². The van der Waals surface area contributed by atoms with Crippen molar-refractivity contribution in [1.29, 1.82) is 0 Å². The summed E-state index contributed by atoms with van der Waals surface area (Å²) in [4.78, 5) is 15.6. The van der Waals surface area contributed by atoms with Gasteiger partial charge in [0, 0.05) is 37.1 Å². The fraction of sp³-hybridized carbons (Fsp3) is 0.192. The fourth-order valence-corrected chi connectivity index (χ4v) is 4.17. The van der Waals surface area contributed by atoms with Gasteiger partial charge in [0.15, 0.2) is 11.6 Å². The summed E-state index contributed by atoms with van der Waals surface area (Å²) in [5.74, 6) is 3.38. The third kappa shape index (κ3) is 4.41. The number of hydrazone groups is 1. The molecule has 10 nitrogen and oxygen atoms in total. The van der Waals surface area contributed by atoms with E-state index in [1.807, 2.05) is 42.5 Å². The highest BCUT2D eigenvalue weighted by Gasteiger charge is 2.19. The monoisotopic (exact) mass is 480 g/mol. The number of rotatable bonds is 6. The molecule has 0 radical (unpaired) electrons. The summed E-state index contributed by atoms with van der Waals surface area (Å²) in [6.07, 6.45) is 5.22. The van der Waals surface area contributed by atoms with Crippen LogP contribution in [0, 0.1) is 0 Å². The van der Waals surface area contributed by atoms with E-state index >= 15 is 0 Å². The lowest BCUT2D eigenvalue weighted by atomic mass is 10.1. The number of benzene rings is 2. The lowest BCUT2D eigenvalue weighted by Gasteiger charge is -2.28. The van der Waals surface area contributed by atoms with E-state index in [0.29, 0.717) is 30.6 Å². The number of morpholine rings is 1. The average molecular weight is 481 g/mol. The predicted octanol–water partition coefficient (Wildman–Crippen LogP) is 3.63. The molecule has 180 valence electrons. The number of aromatic nitrogens is 5. The van der Waals surface area contributed by atoms with Gasteiger partial charge in [-0.25, -0.2) is 0 Å². The van der Waals surface area contributed by atoms with E-state index in [4.69, 9.17) is 14.6 Å². The third-order valence-electron chi connectivity index (χ3n) is 6.03. The van der Waals surface area contributed by atoms with Gasteiger partial charge in [0.25, 0.3) is 5.78 Å². The summed E-state index contributed by atoms with van der Waals surface area (Å²) in [6, 6.07) is 17.8. The minimum atomic E-state index is 0.489. The molecular formula is C26H24N8O2. The molecule has 36 heavy (non-hydrogen) atoms. The van der Waals surface area contributed by atoms with E-state index in [9.17, 15) is 0 Å². The molecule has 1 aliphatic heterocycles. The Kier molecular flexibility index (Phi) is 5.84. The molecule has 10 heteroatoms. The second-order valence-corrected chi connectivity index (χ2v) is 8.32. The molecule has 0 unspecified atom stereocenters. The van der Waals surface area contributed by atoms with Crippen LogP contribution in [0.3, 0.4) is 0 Å². The smallest absolute Gasteiger partial charge is 0.256 e. The number of methoxy groups -OCH3 is 1. The van der Waals surface area contributed by atoms with E-state index in [2.05, 4.69) is 42.5 Å². The first-order chi connectivity index (χ1) is 17.8. The maximum absolute atomic E-state index is 5.54. The largest absolute Gasteiger partial charge is 0.497 e. The van der Waals surface area contributed by atoms with E-state index in [1.165, 1.54) is 0 Å². The first-order valence-corrected chi connectivity index (χ1v) is 11.6. The maximum atomic E-state index is 5.54. The van der Waals surface area contributed by atoms with Gasteiger partial charge in [0.05, 0.1) is 26.5 Å². The molecule has 0 atom stereocenters. The fourth-order valence-electron chi connectivity index (χ4n) is 4.17. The Bertz CT molecular complexity index is 1540. The second-order valence-electron chi connectivity index (χ2n) is 8.32. The van der Waals surface area contributed by atoms with E-state index in [-0.39, 0.29) is 0 Å². The second kappa shape index (κ2) is 9.59. The Morgan fingerprint density at radius 2 is 1.78 bits per heavy atom. The Morgan fingerprint density at radius 1 is 0.972 bits per heavy atom. The molecule has 0 spiro atoms. The molecule has 1 N–H and O–H groups in total. The highest BCUT2D eigenvalue weighted by Crippen LogP contribution is 2.24. The van der Waals surface area contributed by atoms with Crippen molar-refractivity contribution >= 4 is 34.4 Å². The number of nitrogens with one attached hydrogen (secondary N) is 1. The molecule has 1 aliphatic rings. The van der Waals surface area contributed by atoms with Crippen LogP contribution in [0.1, 0.15) is 5.56 Å². The lowest BCUT2D eigenvalue weighted by molar-refractivity contribution is 0.122. The van der Waals surface area contributed by atoms with Crippen molar-refractivity contribution in [2.24, 2.45) is 5.10 Å². The minimum absolute atomic E-state index is 0.489. The van der Waals surface area contributed by atoms with Crippen LogP contribution in [-0.4, -0.2) is 64.2 Å². The van der Waals surface area contributed by atoms with Crippen molar-refractivity contribution in [3.63, 3.8) is 0 Å². The molecule has 0 bridgehead atoms. The third-order valence-corrected chi connectivity index (χ3v) is 6.03. The van der Waals surface area contributed by atoms with Crippen molar-refractivity contribution < 1.29 is 9.47 Å². The van der Waals surface area contributed by atoms with Gasteiger partial charge in [-0.3, -0.25) is 10.4 Å². The van der Waals surface area contributed by atoms with E-state index in [0.717, 1.165) is 46.6 Å². The van der Waals surface area contributed by atoms with E-state index < -0.39 is 0 Å². The number of fused-ring (bicyclic) bond motifs is 2. The SMILES string of the molecule is COc1ccc2cc(C=NNc3cc(N4CCOCC4)n4nc(-c5ccncc5)nc4n3)ccc2c1. The van der Waals surface area contributed by atoms with Crippen LogP contribution in [-0.2, 0) is 4.74 Å². The summed E-state index contributed by atoms with van der Waals surface area (Å²) in [7, 11) is 1.67. The summed E-state index contributed by atoms with van der Waals surface area (Å²) in [5, 5.41) is 11.4. The van der Waals surface area contributed by atoms with Gasteiger partial charge in [-0.05, 0) is 46.7 Å². The summed E-state index contributed by atoms with van der Waals surface area (Å²) in [6.45, 7) is 2.83. The number of nitrogens with zero attached hydrogens (tertiary/aromatic N) is 7. The quantitative estimate of drug-likeness (QED) is 0.290.